The first kappa shape index (κ1) is 19.9. The fraction of sp³-hybridized carbons (Fsp3) is 0.278. The number of carbonyl (C=O) groups is 1. The standard InChI is InChI=1S/C18H21FN2O4S/c1-21(11-13-8-9-16(25-2)14(19)10-13)12-18(22)20-15-6-4-5-7-17(15)26(3,23)24/h4-10H,11-12H2,1-3H3,(H,20,22). The van der Waals surface area contributed by atoms with Crippen LogP contribution >= 0.6 is 0 Å². The zero-order chi connectivity index (χ0) is 19.3. The summed E-state index contributed by atoms with van der Waals surface area (Å²) in [5.41, 5.74) is 0.930. The third kappa shape index (κ3) is 5.27. The minimum absolute atomic E-state index is 0.0196. The molecule has 0 aliphatic heterocycles. The number of para-hydroxylation sites is 1. The fourth-order valence-electron chi connectivity index (χ4n) is 2.50. The van der Waals surface area contributed by atoms with Crippen LogP contribution in [0.2, 0.25) is 0 Å². The minimum Gasteiger partial charge on any atom is -0.494 e. The number of halogens is 1. The van der Waals surface area contributed by atoms with Crippen molar-refractivity contribution in [1.29, 1.82) is 0 Å². The van der Waals surface area contributed by atoms with Gasteiger partial charge in [-0.25, -0.2) is 12.8 Å². The van der Waals surface area contributed by atoms with Crippen molar-refractivity contribution in [3.8, 4) is 5.75 Å². The van der Waals surface area contributed by atoms with Gasteiger partial charge in [-0.2, -0.15) is 0 Å². The molecule has 0 radical (unpaired) electrons. The number of hydrogen-bond acceptors (Lipinski definition) is 5. The maximum absolute atomic E-state index is 13.7. The van der Waals surface area contributed by atoms with Crippen LogP contribution in [-0.2, 0) is 21.2 Å². The Morgan fingerprint density at radius 2 is 1.92 bits per heavy atom. The third-order valence-corrected chi connectivity index (χ3v) is 4.80. The Labute approximate surface area is 152 Å². The second-order valence-electron chi connectivity index (χ2n) is 5.96. The van der Waals surface area contributed by atoms with Crippen LogP contribution in [0.25, 0.3) is 0 Å². The average molecular weight is 380 g/mol. The van der Waals surface area contributed by atoms with Gasteiger partial charge < -0.3 is 10.1 Å². The van der Waals surface area contributed by atoms with Crippen LogP contribution in [0.1, 0.15) is 5.56 Å². The van der Waals surface area contributed by atoms with Crippen LogP contribution in [0.4, 0.5) is 10.1 Å². The van der Waals surface area contributed by atoms with E-state index >= 15 is 0 Å². The Morgan fingerprint density at radius 3 is 2.54 bits per heavy atom. The van der Waals surface area contributed by atoms with Gasteiger partial charge in [0.15, 0.2) is 21.4 Å². The van der Waals surface area contributed by atoms with E-state index in [0.29, 0.717) is 12.1 Å². The number of hydrogen-bond donors (Lipinski definition) is 1. The van der Waals surface area contributed by atoms with E-state index in [-0.39, 0.29) is 28.8 Å². The molecule has 2 rings (SSSR count). The van der Waals surface area contributed by atoms with Gasteiger partial charge in [0.05, 0.1) is 24.2 Å². The number of benzene rings is 2. The van der Waals surface area contributed by atoms with Gasteiger partial charge in [-0.15, -0.1) is 0 Å². The van der Waals surface area contributed by atoms with Gasteiger partial charge >= 0.3 is 0 Å². The van der Waals surface area contributed by atoms with Crippen LogP contribution in [-0.4, -0.2) is 46.2 Å². The molecule has 0 aliphatic carbocycles. The minimum atomic E-state index is -3.45. The number of methoxy groups -OCH3 is 1. The molecule has 0 bridgehead atoms. The second kappa shape index (κ2) is 8.29. The summed E-state index contributed by atoms with van der Waals surface area (Å²) in [4.78, 5) is 14.0. The summed E-state index contributed by atoms with van der Waals surface area (Å²) in [7, 11) is -0.345. The van der Waals surface area contributed by atoms with Crippen molar-refractivity contribution < 1.29 is 22.3 Å². The van der Waals surface area contributed by atoms with E-state index < -0.39 is 15.7 Å². The summed E-state index contributed by atoms with van der Waals surface area (Å²) in [6, 6.07) is 10.8. The van der Waals surface area contributed by atoms with Gasteiger partial charge in [0, 0.05) is 12.8 Å². The van der Waals surface area contributed by atoms with Gasteiger partial charge in [-0.1, -0.05) is 18.2 Å². The Balaban J connectivity index is 2.01. The lowest BCUT2D eigenvalue weighted by atomic mass is 10.2. The van der Waals surface area contributed by atoms with Crippen molar-refractivity contribution >= 4 is 21.4 Å². The molecular weight excluding hydrogens is 359 g/mol. The summed E-state index contributed by atoms with van der Waals surface area (Å²) < 4.78 is 42.2. The first-order valence-corrected chi connectivity index (χ1v) is 9.69. The molecule has 140 valence electrons. The second-order valence-corrected chi connectivity index (χ2v) is 7.94. The zero-order valence-electron chi connectivity index (χ0n) is 14.8. The van der Waals surface area contributed by atoms with Crippen molar-refractivity contribution in [1.82, 2.24) is 4.90 Å². The molecule has 1 amide bonds. The molecule has 0 unspecified atom stereocenters. The van der Waals surface area contributed by atoms with Crippen LogP contribution in [0.15, 0.2) is 47.4 Å². The largest absolute Gasteiger partial charge is 0.494 e. The van der Waals surface area contributed by atoms with Gasteiger partial charge in [0.1, 0.15) is 0 Å². The molecule has 2 aromatic carbocycles. The van der Waals surface area contributed by atoms with Gasteiger partial charge in [-0.05, 0) is 36.9 Å². The first-order chi connectivity index (χ1) is 12.2. The predicted octanol–water partition coefficient (Wildman–Crippen LogP) is 2.31. The molecule has 0 fully saturated rings. The summed E-state index contributed by atoms with van der Waals surface area (Å²) in [5.74, 6) is -0.672. The highest BCUT2D eigenvalue weighted by Crippen LogP contribution is 2.21. The summed E-state index contributed by atoms with van der Waals surface area (Å²) in [6.45, 7) is 0.369. The number of anilines is 1. The summed E-state index contributed by atoms with van der Waals surface area (Å²) >= 11 is 0. The molecule has 8 heteroatoms. The summed E-state index contributed by atoms with van der Waals surface area (Å²) in [6.07, 6.45) is 1.09. The number of rotatable bonds is 7. The van der Waals surface area contributed by atoms with Crippen LogP contribution in [0.3, 0.4) is 0 Å². The molecule has 0 spiro atoms. The quantitative estimate of drug-likeness (QED) is 0.798. The van der Waals surface area contributed by atoms with Crippen molar-refractivity contribution in [3.63, 3.8) is 0 Å². The third-order valence-electron chi connectivity index (χ3n) is 3.64. The Morgan fingerprint density at radius 1 is 1.23 bits per heavy atom. The van der Waals surface area contributed by atoms with E-state index in [1.807, 2.05) is 0 Å². The molecule has 0 heterocycles. The van der Waals surface area contributed by atoms with E-state index in [2.05, 4.69) is 5.32 Å². The zero-order valence-corrected chi connectivity index (χ0v) is 15.6. The Hall–Kier alpha value is -2.45. The Bertz CT molecular complexity index is 900. The predicted molar refractivity (Wildman–Crippen MR) is 97.5 cm³/mol. The lowest BCUT2D eigenvalue weighted by Gasteiger charge is -2.17. The van der Waals surface area contributed by atoms with E-state index in [1.165, 1.54) is 31.4 Å². The normalized spacial score (nSPS) is 11.4. The average Bonchev–Trinajstić information content (AvgIpc) is 2.54. The number of nitrogens with one attached hydrogen (secondary N) is 1. The molecule has 26 heavy (non-hydrogen) atoms. The smallest absolute Gasteiger partial charge is 0.238 e. The van der Waals surface area contributed by atoms with Crippen molar-refractivity contribution in [2.45, 2.75) is 11.4 Å². The van der Waals surface area contributed by atoms with E-state index in [1.54, 1.807) is 30.1 Å². The molecule has 6 nitrogen and oxygen atoms in total. The molecule has 0 saturated carbocycles. The highest BCUT2D eigenvalue weighted by atomic mass is 32.2. The maximum atomic E-state index is 13.7. The number of sulfone groups is 1. The SMILES string of the molecule is COc1ccc(CN(C)CC(=O)Nc2ccccc2S(C)(=O)=O)cc1F. The number of likely N-dealkylation sites (N-methyl/N-ethyl adjacent to an activating group) is 1. The lowest BCUT2D eigenvalue weighted by molar-refractivity contribution is -0.117. The lowest BCUT2D eigenvalue weighted by Crippen LogP contribution is -2.30. The molecule has 0 saturated heterocycles. The fourth-order valence-corrected chi connectivity index (χ4v) is 3.35. The monoisotopic (exact) mass is 380 g/mol. The van der Waals surface area contributed by atoms with Gasteiger partial charge in [0.25, 0.3) is 0 Å². The number of nitrogens with zero attached hydrogens (tertiary/aromatic N) is 1. The topological polar surface area (TPSA) is 75.7 Å². The maximum Gasteiger partial charge on any atom is 0.238 e. The van der Waals surface area contributed by atoms with Crippen molar-refractivity contribution in [2.75, 3.05) is 32.3 Å². The highest BCUT2D eigenvalue weighted by Gasteiger charge is 2.15. The highest BCUT2D eigenvalue weighted by molar-refractivity contribution is 7.90. The van der Waals surface area contributed by atoms with E-state index in [9.17, 15) is 17.6 Å². The van der Waals surface area contributed by atoms with Gasteiger partial charge in [0.2, 0.25) is 5.91 Å². The van der Waals surface area contributed by atoms with E-state index in [4.69, 9.17) is 4.74 Å². The molecular formula is C18H21FN2O4S. The van der Waals surface area contributed by atoms with Gasteiger partial charge in [-0.3, -0.25) is 9.69 Å². The van der Waals surface area contributed by atoms with Crippen LogP contribution < -0.4 is 10.1 Å². The van der Waals surface area contributed by atoms with Crippen LogP contribution in [0, 0.1) is 5.82 Å². The van der Waals surface area contributed by atoms with E-state index in [0.717, 1.165) is 6.26 Å². The molecule has 0 aliphatic rings. The number of ether oxygens (including phenoxy) is 1. The number of carbonyl (C=O) groups excluding carboxylic acids is 1. The first-order valence-electron chi connectivity index (χ1n) is 7.80. The molecule has 0 aromatic heterocycles. The number of amides is 1. The van der Waals surface area contributed by atoms with Crippen molar-refractivity contribution in [3.05, 3.63) is 53.8 Å². The van der Waals surface area contributed by atoms with Crippen molar-refractivity contribution in [2.24, 2.45) is 0 Å². The van der Waals surface area contributed by atoms with Crippen LogP contribution in [0.5, 0.6) is 5.75 Å². The molecule has 0 atom stereocenters. The Kier molecular flexibility index (Phi) is 6.33. The molecule has 1 N–H and O–H groups in total. The summed E-state index contributed by atoms with van der Waals surface area (Å²) in [5, 5.41) is 2.61. The molecule has 2 aromatic rings.